The molecule has 8 nitrogen and oxygen atoms in total. The number of hydrogen-bond acceptors (Lipinski definition) is 8. The fourth-order valence-corrected chi connectivity index (χ4v) is 19.4. The molecule has 0 saturated heterocycles. The van der Waals surface area contributed by atoms with Crippen LogP contribution in [0.4, 0.5) is 26.3 Å². The number of benzene rings is 8. The van der Waals surface area contributed by atoms with Crippen LogP contribution < -0.4 is 10.4 Å². The maximum Gasteiger partial charge on any atom is 0.389 e. The van der Waals surface area contributed by atoms with Crippen LogP contribution in [0.3, 0.4) is 0 Å². The number of carbonyl (C=O) groups excluding carboxylic acids is 2. The SMILES string of the molecule is CCC(CC)C(=O)C=C(O)C(CC)CC(F)(F)F.CCC(CC)C(=O)C=C(O)C(CC)CC(F)(F)F.[2H]c1nc(-c2[c-]c(C)cc(C)c2)c2ccc(C3CCCCC3)cc2c1[2H].[2H]c1nc(-c2[c-]c(C)cc(C)c2)c2ccc(C3CCCCC3)cc2c1[2H].[2H]c1nc(-c2[c-]c(C)cc(C)c2)c2ccc([Si](C)(C)C)cc2c1[2H].[2H]c1nc(-c2[c-]c(C)cc(C)c2)c2ccc([Si](C)(C)C)cc2c1[2H].[Ir].[Ir]. The summed E-state index contributed by atoms with van der Waals surface area (Å²) in [5.41, 5.74) is 18.1. The van der Waals surface area contributed by atoms with Gasteiger partial charge in [0.05, 0.1) is 51.5 Å². The quantitative estimate of drug-likeness (QED) is 0.0226. The van der Waals surface area contributed by atoms with E-state index in [1.54, 1.807) is 13.8 Å². The van der Waals surface area contributed by atoms with Gasteiger partial charge in [0.1, 0.15) is 0 Å². The molecule has 2 atom stereocenters. The minimum atomic E-state index is -4.33. The van der Waals surface area contributed by atoms with Crippen molar-refractivity contribution in [1.82, 2.24) is 19.9 Å². The van der Waals surface area contributed by atoms with Crippen LogP contribution in [0.1, 0.15) is 236 Å². The Morgan fingerprint density at radius 1 is 0.385 bits per heavy atom. The summed E-state index contributed by atoms with van der Waals surface area (Å²) in [6.45, 7) is 40.5. The number of aliphatic hydroxyl groups is 2. The third-order valence-corrected chi connectivity index (χ3v) is 28.3. The number of hydrogen-bond donors (Lipinski definition) is 2. The first-order valence-electron chi connectivity index (χ1n) is 49.6. The average molecular weight is 2160 g/mol. The fraction of sp³-hybridized carbons (Fsp3) is 0.411. The number of alkyl halides is 6. The maximum absolute atomic E-state index is 12.3. The summed E-state index contributed by atoms with van der Waals surface area (Å²) in [6, 6.07) is 56.4. The smallest absolute Gasteiger partial charge is 0.389 e. The zero-order chi connectivity index (χ0) is 100. The Hall–Kier alpha value is -8.87. The molecule has 2 fully saturated rings. The van der Waals surface area contributed by atoms with Crippen LogP contribution in [0.5, 0.6) is 0 Å². The van der Waals surface area contributed by atoms with Gasteiger partial charge in [-0.1, -0.05) is 258 Å². The normalized spacial score (nSPS) is 14.8. The van der Waals surface area contributed by atoms with Gasteiger partial charge in [-0.2, -0.15) is 26.3 Å². The van der Waals surface area contributed by atoms with Gasteiger partial charge in [0.2, 0.25) is 0 Å². The van der Waals surface area contributed by atoms with Crippen molar-refractivity contribution in [3.05, 3.63) is 274 Å². The molecule has 4 aromatic heterocycles. The van der Waals surface area contributed by atoms with Crippen molar-refractivity contribution < 1.29 is 97.3 Å². The van der Waals surface area contributed by atoms with E-state index < -0.39 is 64.7 Å². The average Bonchev–Trinajstić information content (AvgIpc) is 0.764. The summed E-state index contributed by atoms with van der Waals surface area (Å²) in [5.74, 6) is -2.82. The number of rotatable bonds is 22. The van der Waals surface area contributed by atoms with Crippen LogP contribution in [0.15, 0.2) is 194 Å². The zero-order valence-corrected chi connectivity index (χ0v) is 86.1. The molecule has 0 bridgehead atoms. The van der Waals surface area contributed by atoms with Gasteiger partial charge in [0.25, 0.3) is 0 Å². The second kappa shape index (κ2) is 49.7. The van der Waals surface area contributed by atoms with Crippen LogP contribution in [0.25, 0.3) is 88.1 Å². The summed E-state index contributed by atoms with van der Waals surface area (Å²) in [7, 11) is -2.96. The second-order valence-electron chi connectivity index (χ2n) is 36.9. The molecule has 12 aromatic rings. The summed E-state index contributed by atoms with van der Waals surface area (Å²) >= 11 is 0. The second-order valence-corrected chi connectivity index (χ2v) is 47.1. The van der Waals surface area contributed by atoms with Crippen molar-refractivity contribution in [3.8, 4) is 45.0 Å². The van der Waals surface area contributed by atoms with Crippen LogP contribution in [-0.4, -0.2) is 70.2 Å². The van der Waals surface area contributed by atoms with Gasteiger partial charge < -0.3 is 30.1 Å². The van der Waals surface area contributed by atoms with Gasteiger partial charge in [-0.3, -0.25) is 9.59 Å². The number of pyridine rings is 4. The van der Waals surface area contributed by atoms with Gasteiger partial charge >= 0.3 is 12.4 Å². The van der Waals surface area contributed by atoms with Gasteiger partial charge in [-0.05, 0) is 177 Å². The van der Waals surface area contributed by atoms with Crippen molar-refractivity contribution in [2.24, 2.45) is 23.7 Å². The molecule has 130 heavy (non-hydrogen) atoms. The number of ketones is 2. The van der Waals surface area contributed by atoms with Gasteiger partial charge in [0.15, 0.2) is 11.6 Å². The summed E-state index contributed by atoms with van der Waals surface area (Å²) < 4.78 is 140. The predicted molar refractivity (Wildman–Crippen MR) is 528 cm³/mol. The molecule has 0 spiro atoms. The molecular weight excluding hydrogens is 2020 g/mol. The molecule has 0 aliphatic heterocycles. The first kappa shape index (κ1) is 95.7. The Morgan fingerprint density at radius 3 is 0.862 bits per heavy atom. The topological polar surface area (TPSA) is 126 Å². The predicted octanol–water partition coefficient (Wildman–Crippen LogP) is 31.3. The van der Waals surface area contributed by atoms with Gasteiger partial charge in [-0.25, -0.2) is 0 Å². The van der Waals surface area contributed by atoms with Crippen molar-refractivity contribution in [2.45, 2.75) is 276 Å². The molecule has 14 rings (SSSR count). The number of allylic oxidation sites excluding steroid dienone is 4. The van der Waals surface area contributed by atoms with Crippen molar-refractivity contribution in [1.29, 1.82) is 0 Å². The van der Waals surface area contributed by atoms with E-state index in [-0.39, 0.29) is 125 Å². The van der Waals surface area contributed by atoms with Crippen LogP contribution >= 0.6 is 0 Å². The molecule has 2 radical (unpaired) electrons. The molecule has 4 heterocycles. The summed E-state index contributed by atoms with van der Waals surface area (Å²) in [6.07, 6.45) is 6.76. The summed E-state index contributed by atoms with van der Waals surface area (Å²) in [5, 5.41) is 28.9. The molecule has 2 aliphatic carbocycles. The Kier molecular flexibility index (Phi) is 36.6. The summed E-state index contributed by atoms with van der Waals surface area (Å²) in [4.78, 5) is 41.1. The van der Waals surface area contributed by atoms with E-state index in [2.05, 4.69) is 220 Å². The number of halogens is 6. The number of aliphatic hydroxyl groups excluding tert-OH is 2. The number of nitrogens with zero attached hydrogens (tertiary/aromatic N) is 4. The van der Waals surface area contributed by atoms with E-state index in [0.717, 1.165) is 145 Å². The largest absolute Gasteiger partial charge is 0.512 e. The number of aromatic nitrogens is 4. The van der Waals surface area contributed by atoms with Crippen LogP contribution in [-0.2, 0) is 49.8 Å². The molecule has 2 N–H and O–H groups in total. The van der Waals surface area contributed by atoms with Gasteiger partial charge in [-0.15, -0.1) is 140 Å². The minimum Gasteiger partial charge on any atom is -0.512 e. The Morgan fingerprint density at radius 2 is 0.631 bits per heavy atom. The minimum absolute atomic E-state index is 0. The van der Waals surface area contributed by atoms with Gasteiger partial charge in [0, 0.05) is 101 Å². The number of aryl methyl sites for hydroxylation is 8. The molecular formula is C112H134F6Ir2N4O4Si2-4. The zero-order valence-electron chi connectivity index (χ0n) is 87.3. The van der Waals surface area contributed by atoms with E-state index in [4.69, 9.17) is 11.0 Å². The first-order chi connectivity index (χ1) is 63.9. The third kappa shape index (κ3) is 31.7. The molecule has 0 amide bonds. The standard InChI is InChI=1S/2C23H24N.2C20H22NSi.2C13H21F3O2.2Ir/c2*1-16-12-17(2)14-21(13-16)23-22-9-8-19(15-20(22)10-11-24-23)18-6-4-3-5-7-18;2*1-14-10-15(2)12-17(11-14)20-19-7-6-18(22(3,4)5)13-16(19)8-9-21-20;2*1-4-9(5-2)11(17)7-12(18)10(6-3)8-13(14,15)16;;/h2*8-13,15,18H,3-7H2,1-2H3;2*6-11,13H,1-5H3;2*7,9-10,18H,4-6,8H2,1-3H3;;/q4*-1;;;;/i2*10D,11D;2*8D,9D;;;;. The Balaban J connectivity index is 0.000000226. The van der Waals surface area contributed by atoms with Crippen molar-refractivity contribution >= 4 is 81.2 Å². The molecule has 8 aromatic carbocycles. The number of carbonyl (C=O) groups is 2. The van der Waals surface area contributed by atoms with E-state index >= 15 is 0 Å². The number of fused-ring (bicyclic) bond motifs is 4. The molecule has 18 heteroatoms. The monoisotopic (exact) mass is 2160 g/mol. The molecule has 698 valence electrons. The van der Waals surface area contributed by atoms with E-state index in [0.29, 0.717) is 37.5 Å². The maximum atomic E-state index is 12.3. The molecule has 2 saturated carbocycles. The Labute approximate surface area is 811 Å². The van der Waals surface area contributed by atoms with Crippen molar-refractivity contribution in [2.75, 3.05) is 0 Å². The van der Waals surface area contributed by atoms with E-state index in [1.165, 1.54) is 85.7 Å². The first-order valence-corrected chi connectivity index (χ1v) is 52.6. The fourth-order valence-electron chi connectivity index (χ4n) is 17.1. The van der Waals surface area contributed by atoms with Crippen LogP contribution in [0, 0.1) is 103 Å². The van der Waals surface area contributed by atoms with Crippen molar-refractivity contribution in [3.63, 3.8) is 0 Å². The van der Waals surface area contributed by atoms with E-state index in [9.17, 15) is 46.1 Å². The Bertz CT molecular complexity index is 5860. The van der Waals surface area contributed by atoms with E-state index in [1.807, 2.05) is 67.5 Å². The molecule has 2 aliphatic rings. The van der Waals surface area contributed by atoms with Crippen LogP contribution in [0.2, 0.25) is 39.3 Å². The third-order valence-electron chi connectivity index (χ3n) is 24.2. The molecule has 2 unspecified atom stereocenters.